The van der Waals surface area contributed by atoms with E-state index in [2.05, 4.69) is 5.32 Å². The third kappa shape index (κ3) is 5.93. The van der Waals surface area contributed by atoms with E-state index in [0.29, 0.717) is 37.6 Å². The van der Waals surface area contributed by atoms with Gasteiger partial charge in [-0.05, 0) is 30.9 Å². The highest BCUT2D eigenvalue weighted by atomic mass is 16.5. The van der Waals surface area contributed by atoms with Crippen molar-refractivity contribution in [2.75, 3.05) is 32.1 Å². The molecule has 1 fully saturated rings. The van der Waals surface area contributed by atoms with Crippen LogP contribution in [0.25, 0.3) is 0 Å². The zero-order valence-corrected chi connectivity index (χ0v) is 11.6. The quantitative estimate of drug-likeness (QED) is 0.531. The molecule has 0 unspecified atom stereocenters. The first-order chi connectivity index (χ1) is 9.74. The molecule has 1 aliphatic carbocycles. The highest BCUT2D eigenvalue weighted by Crippen LogP contribution is 2.28. The van der Waals surface area contributed by atoms with Crippen molar-refractivity contribution < 1.29 is 14.3 Å². The van der Waals surface area contributed by atoms with Crippen molar-refractivity contribution in [2.45, 2.75) is 19.3 Å². The monoisotopic (exact) mass is 278 g/mol. The first kappa shape index (κ1) is 14.7. The molecule has 1 aliphatic rings. The second-order valence-corrected chi connectivity index (χ2v) is 5.04. The van der Waals surface area contributed by atoms with Crippen LogP contribution in [-0.2, 0) is 9.53 Å². The Labute approximate surface area is 119 Å². The molecule has 1 amide bonds. The Morgan fingerprint density at radius 1 is 1.35 bits per heavy atom. The van der Waals surface area contributed by atoms with Crippen molar-refractivity contribution in [3.63, 3.8) is 0 Å². The zero-order valence-electron chi connectivity index (χ0n) is 11.6. The molecule has 0 heterocycles. The number of anilines is 1. The van der Waals surface area contributed by atoms with Crippen molar-refractivity contribution in [3.8, 4) is 5.75 Å². The summed E-state index contributed by atoms with van der Waals surface area (Å²) < 4.78 is 10.9. The molecule has 0 atom stereocenters. The minimum absolute atomic E-state index is 0.0241. The summed E-state index contributed by atoms with van der Waals surface area (Å²) in [5.74, 6) is 1.42. The van der Waals surface area contributed by atoms with Crippen LogP contribution in [0.15, 0.2) is 24.3 Å². The number of carbonyl (C=O) groups is 1. The molecular weight excluding hydrogens is 256 g/mol. The molecule has 0 aromatic heterocycles. The van der Waals surface area contributed by atoms with Crippen LogP contribution in [0.3, 0.4) is 0 Å². The van der Waals surface area contributed by atoms with Gasteiger partial charge in [0.15, 0.2) is 0 Å². The smallest absolute Gasteiger partial charge is 0.223 e. The average molecular weight is 278 g/mol. The van der Waals surface area contributed by atoms with Gasteiger partial charge in [-0.15, -0.1) is 0 Å². The van der Waals surface area contributed by atoms with Gasteiger partial charge in [-0.3, -0.25) is 4.79 Å². The molecule has 110 valence electrons. The molecule has 0 spiro atoms. The fourth-order valence-electron chi connectivity index (χ4n) is 1.75. The summed E-state index contributed by atoms with van der Waals surface area (Å²) in [4.78, 5) is 11.5. The van der Waals surface area contributed by atoms with Gasteiger partial charge in [0.2, 0.25) is 5.91 Å². The summed E-state index contributed by atoms with van der Waals surface area (Å²) in [6.07, 6.45) is 2.90. The Morgan fingerprint density at radius 2 is 2.20 bits per heavy atom. The lowest BCUT2D eigenvalue weighted by molar-refractivity contribution is -0.121. The molecule has 0 saturated heterocycles. The summed E-state index contributed by atoms with van der Waals surface area (Å²) in [6.45, 7) is 2.31. The molecule has 2 rings (SSSR count). The largest absolute Gasteiger partial charge is 0.493 e. The molecule has 1 aromatic carbocycles. The van der Waals surface area contributed by atoms with Crippen molar-refractivity contribution in [2.24, 2.45) is 5.92 Å². The highest BCUT2D eigenvalue weighted by Gasteiger charge is 2.20. The van der Waals surface area contributed by atoms with Crippen molar-refractivity contribution in [1.82, 2.24) is 5.32 Å². The Morgan fingerprint density at radius 3 is 2.95 bits per heavy atom. The Bertz CT molecular complexity index is 433. The van der Waals surface area contributed by atoms with Gasteiger partial charge in [0.1, 0.15) is 5.75 Å². The second kappa shape index (κ2) is 7.75. The number of benzene rings is 1. The third-order valence-electron chi connectivity index (χ3n) is 3.07. The summed E-state index contributed by atoms with van der Waals surface area (Å²) in [6, 6.07) is 7.17. The number of nitrogen functional groups attached to an aromatic ring is 1. The van der Waals surface area contributed by atoms with E-state index in [4.69, 9.17) is 15.2 Å². The predicted molar refractivity (Wildman–Crippen MR) is 77.5 cm³/mol. The molecule has 3 N–H and O–H groups in total. The number of nitrogens with one attached hydrogen (secondary N) is 1. The van der Waals surface area contributed by atoms with Crippen LogP contribution >= 0.6 is 0 Å². The third-order valence-corrected chi connectivity index (χ3v) is 3.07. The van der Waals surface area contributed by atoms with Crippen LogP contribution in [0, 0.1) is 5.92 Å². The van der Waals surface area contributed by atoms with Gasteiger partial charge < -0.3 is 20.5 Å². The number of hydrogen-bond acceptors (Lipinski definition) is 4. The SMILES string of the molecule is Nc1cccc(OCCC(=O)NCCOCC2CC2)c1. The maximum Gasteiger partial charge on any atom is 0.223 e. The minimum Gasteiger partial charge on any atom is -0.493 e. The van der Waals surface area contributed by atoms with Gasteiger partial charge in [0.05, 0.1) is 19.6 Å². The molecule has 20 heavy (non-hydrogen) atoms. The molecular formula is C15H22N2O3. The van der Waals surface area contributed by atoms with E-state index in [1.807, 2.05) is 12.1 Å². The number of amides is 1. The molecule has 5 nitrogen and oxygen atoms in total. The minimum atomic E-state index is -0.0241. The van der Waals surface area contributed by atoms with E-state index >= 15 is 0 Å². The number of ether oxygens (including phenoxy) is 2. The van der Waals surface area contributed by atoms with Gasteiger partial charge in [-0.25, -0.2) is 0 Å². The van der Waals surface area contributed by atoms with E-state index in [9.17, 15) is 4.79 Å². The maximum atomic E-state index is 11.5. The Balaban J connectivity index is 1.49. The number of hydrogen-bond donors (Lipinski definition) is 2. The number of carbonyl (C=O) groups excluding carboxylic acids is 1. The molecule has 0 aliphatic heterocycles. The average Bonchev–Trinajstić information content (AvgIpc) is 3.22. The van der Waals surface area contributed by atoms with Gasteiger partial charge in [-0.2, -0.15) is 0 Å². The fraction of sp³-hybridized carbons (Fsp3) is 0.533. The first-order valence-corrected chi connectivity index (χ1v) is 7.07. The van der Waals surface area contributed by atoms with E-state index in [-0.39, 0.29) is 5.91 Å². The van der Waals surface area contributed by atoms with Crippen molar-refractivity contribution in [3.05, 3.63) is 24.3 Å². The maximum absolute atomic E-state index is 11.5. The highest BCUT2D eigenvalue weighted by molar-refractivity contribution is 5.75. The van der Waals surface area contributed by atoms with Crippen LogP contribution in [0.2, 0.25) is 0 Å². The van der Waals surface area contributed by atoms with Crippen LogP contribution in [-0.4, -0.2) is 32.3 Å². The number of rotatable bonds is 9. The second-order valence-electron chi connectivity index (χ2n) is 5.04. The van der Waals surface area contributed by atoms with Crippen molar-refractivity contribution in [1.29, 1.82) is 0 Å². The molecule has 1 saturated carbocycles. The van der Waals surface area contributed by atoms with E-state index < -0.39 is 0 Å². The van der Waals surface area contributed by atoms with Crippen LogP contribution in [0.1, 0.15) is 19.3 Å². The fourth-order valence-corrected chi connectivity index (χ4v) is 1.75. The topological polar surface area (TPSA) is 73.6 Å². The Kier molecular flexibility index (Phi) is 5.68. The summed E-state index contributed by atoms with van der Waals surface area (Å²) in [7, 11) is 0. The van der Waals surface area contributed by atoms with Crippen LogP contribution < -0.4 is 15.8 Å². The standard InChI is InChI=1S/C15H22N2O3/c16-13-2-1-3-14(10-13)20-8-6-15(18)17-7-9-19-11-12-4-5-12/h1-3,10,12H,4-9,11,16H2,(H,17,18). The number of nitrogens with two attached hydrogens (primary N) is 1. The van der Waals surface area contributed by atoms with Gasteiger partial charge in [0, 0.05) is 24.9 Å². The van der Waals surface area contributed by atoms with E-state index in [1.54, 1.807) is 12.1 Å². The molecule has 1 aromatic rings. The normalized spacial score (nSPS) is 14.0. The zero-order chi connectivity index (χ0) is 14.2. The molecule has 0 radical (unpaired) electrons. The predicted octanol–water partition coefficient (Wildman–Crippen LogP) is 1.58. The lowest BCUT2D eigenvalue weighted by Gasteiger charge is -2.08. The van der Waals surface area contributed by atoms with Crippen molar-refractivity contribution >= 4 is 11.6 Å². The lowest BCUT2D eigenvalue weighted by Crippen LogP contribution is -2.28. The molecule has 0 bridgehead atoms. The molecule has 5 heteroatoms. The van der Waals surface area contributed by atoms with E-state index in [1.165, 1.54) is 12.8 Å². The summed E-state index contributed by atoms with van der Waals surface area (Å²) in [5, 5.41) is 2.81. The van der Waals surface area contributed by atoms with E-state index in [0.717, 1.165) is 12.5 Å². The van der Waals surface area contributed by atoms with Gasteiger partial charge in [-0.1, -0.05) is 6.07 Å². The first-order valence-electron chi connectivity index (χ1n) is 7.07. The van der Waals surface area contributed by atoms with Crippen LogP contribution in [0.5, 0.6) is 5.75 Å². The Hall–Kier alpha value is -1.75. The van der Waals surface area contributed by atoms with Gasteiger partial charge in [0.25, 0.3) is 0 Å². The summed E-state index contributed by atoms with van der Waals surface area (Å²) >= 11 is 0. The summed E-state index contributed by atoms with van der Waals surface area (Å²) in [5.41, 5.74) is 6.29. The lowest BCUT2D eigenvalue weighted by atomic mass is 10.3. The van der Waals surface area contributed by atoms with Crippen LogP contribution in [0.4, 0.5) is 5.69 Å². The van der Waals surface area contributed by atoms with Gasteiger partial charge >= 0.3 is 0 Å².